The van der Waals surface area contributed by atoms with E-state index >= 15 is 0 Å². The molecule has 0 spiro atoms. The van der Waals surface area contributed by atoms with E-state index in [2.05, 4.69) is 0 Å². The molecule has 0 unspecified atom stereocenters. The summed E-state index contributed by atoms with van der Waals surface area (Å²) in [6.07, 6.45) is 1.89. The van der Waals surface area contributed by atoms with Gasteiger partial charge in [0.2, 0.25) is 3.79 Å². The predicted octanol–water partition coefficient (Wildman–Crippen LogP) is 6.10. The Labute approximate surface area is 152 Å². The van der Waals surface area contributed by atoms with Crippen LogP contribution in [0.15, 0.2) is 34.9 Å². The number of alkyl halides is 3. The molecule has 4 nitrogen and oxygen atoms in total. The van der Waals surface area contributed by atoms with E-state index in [1.54, 1.807) is 6.07 Å². The van der Waals surface area contributed by atoms with Gasteiger partial charge in [0.25, 0.3) is 5.69 Å². The molecule has 0 aliphatic heterocycles. The molecule has 0 saturated heterocycles. The molecule has 1 aromatic rings. The van der Waals surface area contributed by atoms with Crippen molar-refractivity contribution in [3.63, 3.8) is 0 Å². The fourth-order valence-corrected chi connectivity index (χ4v) is 4.43. The summed E-state index contributed by atoms with van der Waals surface area (Å²) < 4.78 is 3.71. The zero-order valence-electron chi connectivity index (χ0n) is 11.8. The first-order valence-corrected chi connectivity index (χ1v) is 9.68. The average molecular weight is 403 g/mol. The van der Waals surface area contributed by atoms with Crippen LogP contribution >= 0.6 is 56.4 Å². The van der Waals surface area contributed by atoms with E-state index in [1.165, 1.54) is 33.7 Å². The number of hydrogen-bond donors (Lipinski definition) is 0. The smallest absolute Gasteiger partial charge is 0.269 e. The number of ether oxygens (including phenoxy) is 1. The lowest BCUT2D eigenvalue weighted by atomic mass is 10.2. The normalized spacial score (nSPS) is 12.3. The molecule has 9 heteroatoms. The highest BCUT2D eigenvalue weighted by Crippen LogP contribution is 2.46. The summed E-state index contributed by atoms with van der Waals surface area (Å²) in [5.74, 6) is 1.50. The topological polar surface area (TPSA) is 52.4 Å². The Morgan fingerprint density at radius 2 is 2.14 bits per heavy atom. The molecular weight excluding hydrogens is 389 g/mol. The van der Waals surface area contributed by atoms with E-state index in [0.29, 0.717) is 22.8 Å². The summed E-state index contributed by atoms with van der Waals surface area (Å²) in [4.78, 5) is 11.0. The highest BCUT2D eigenvalue weighted by Gasteiger charge is 2.28. The fourth-order valence-electron chi connectivity index (χ4n) is 1.47. The molecular formula is C13H14Cl3NO3S2. The van der Waals surface area contributed by atoms with Crippen molar-refractivity contribution in [1.29, 1.82) is 0 Å². The monoisotopic (exact) mass is 401 g/mol. The summed E-state index contributed by atoms with van der Waals surface area (Å²) in [5, 5.41) is 10.8. The third kappa shape index (κ3) is 6.08. The minimum atomic E-state index is -1.72. The zero-order chi connectivity index (χ0) is 16.8. The molecule has 0 amide bonds. The van der Waals surface area contributed by atoms with Gasteiger partial charge in [0.15, 0.2) is 0 Å². The second kappa shape index (κ2) is 9.13. The molecule has 0 aliphatic rings. The van der Waals surface area contributed by atoms with Gasteiger partial charge in [0.1, 0.15) is 5.76 Å². The van der Waals surface area contributed by atoms with Gasteiger partial charge in [0, 0.05) is 22.6 Å². The number of benzene rings is 1. The van der Waals surface area contributed by atoms with Crippen LogP contribution in [0.1, 0.15) is 19.4 Å². The van der Waals surface area contributed by atoms with E-state index in [0.717, 1.165) is 5.76 Å². The van der Waals surface area contributed by atoms with Crippen molar-refractivity contribution in [2.75, 3.05) is 12.4 Å². The maximum absolute atomic E-state index is 10.8. The number of non-ortho nitro benzene ring substituents is 1. The van der Waals surface area contributed by atoms with Gasteiger partial charge >= 0.3 is 0 Å². The van der Waals surface area contributed by atoms with E-state index < -0.39 is 8.72 Å². The van der Waals surface area contributed by atoms with Crippen LogP contribution in [-0.4, -0.2) is 17.3 Å². The van der Waals surface area contributed by atoms with Crippen LogP contribution in [0.5, 0.6) is 0 Å². The molecule has 0 heterocycles. The lowest BCUT2D eigenvalue weighted by molar-refractivity contribution is -0.385. The summed E-state index contributed by atoms with van der Waals surface area (Å²) in [6, 6.07) is 4.26. The van der Waals surface area contributed by atoms with E-state index in [4.69, 9.17) is 39.5 Å². The van der Waals surface area contributed by atoms with Crippen LogP contribution in [0.3, 0.4) is 0 Å². The van der Waals surface area contributed by atoms with Gasteiger partial charge in [-0.15, -0.1) is 0 Å². The minimum absolute atomic E-state index is 0.112. The van der Waals surface area contributed by atoms with Crippen molar-refractivity contribution < 1.29 is 9.66 Å². The Bertz CT molecular complexity index is 562. The molecule has 0 atom stereocenters. The second-order valence-electron chi connectivity index (χ2n) is 3.97. The lowest BCUT2D eigenvalue weighted by Gasteiger charge is -2.15. The molecule has 22 heavy (non-hydrogen) atoms. The average Bonchev–Trinajstić information content (AvgIpc) is 2.45. The SMILES string of the molecule is C/C=C(/CSSc1ccc([N+](=O)[O-])cc1C(Cl)(Cl)Cl)OCC. The highest BCUT2D eigenvalue weighted by molar-refractivity contribution is 8.76. The number of nitro benzene ring substituents is 1. The number of rotatable bonds is 7. The Morgan fingerprint density at radius 3 is 2.64 bits per heavy atom. The third-order valence-corrected chi connectivity index (χ3v) is 5.39. The second-order valence-corrected chi connectivity index (χ2v) is 8.59. The van der Waals surface area contributed by atoms with Crippen molar-refractivity contribution in [2.24, 2.45) is 0 Å². The fraction of sp³-hybridized carbons (Fsp3) is 0.385. The molecule has 0 saturated carbocycles. The molecule has 0 aliphatic carbocycles. The summed E-state index contributed by atoms with van der Waals surface area (Å²) in [6.45, 7) is 4.41. The predicted molar refractivity (Wildman–Crippen MR) is 96.0 cm³/mol. The van der Waals surface area contributed by atoms with Crippen molar-refractivity contribution in [3.05, 3.63) is 45.7 Å². The molecule has 122 valence electrons. The largest absolute Gasteiger partial charge is 0.498 e. The van der Waals surface area contributed by atoms with Gasteiger partial charge in [0.05, 0.1) is 17.3 Å². The zero-order valence-corrected chi connectivity index (χ0v) is 15.7. The third-order valence-electron chi connectivity index (χ3n) is 2.48. The summed E-state index contributed by atoms with van der Waals surface area (Å²) >= 11 is 17.7. The van der Waals surface area contributed by atoms with Gasteiger partial charge in [-0.2, -0.15) is 0 Å². The van der Waals surface area contributed by atoms with E-state index in [-0.39, 0.29) is 5.69 Å². The van der Waals surface area contributed by atoms with Gasteiger partial charge in [-0.3, -0.25) is 10.1 Å². The van der Waals surface area contributed by atoms with E-state index in [1.807, 2.05) is 19.9 Å². The van der Waals surface area contributed by atoms with Crippen LogP contribution in [0.25, 0.3) is 0 Å². The van der Waals surface area contributed by atoms with Crippen molar-refractivity contribution in [1.82, 2.24) is 0 Å². The molecule has 0 aromatic heterocycles. The highest BCUT2D eigenvalue weighted by atomic mass is 35.6. The van der Waals surface area contributed by atoms with Crippen LogP contribution in [0.2, 0.25) is 0 Å². The first-order chi connectivity index (χ1) is 10.3. The van der Waals surface area contributed by atoms with E-state index in [9.17, 15) is 10.1 Å². The van der Waals surface area contributed by atoms with Gasteiger partial charge in [-0.25, -0.2) is 0 Å². The van der Waals surface area contributed by atoms with Crippen LogP contribution in [0.4, 0.5) is 5.69 Å². The van der Waals surface area contributed by atoms with Gasteiger partial charge in [-0.1, -0.05) is 56.4 Å². The molecule has 1 aromatic carbocycles. The number of nitrogens with zero attached hydrogens (tertiary/aromatic N) is 1. The van der Waals surface area contributed by atoms with Gasteiger partial charge < -0.3 is 4.74 Å². The first kappa shape index (κ1) is 19.8. The van der Waals surface area contributed by atoms with Crippen molar-refractivity contribution in [3.8, 4) is 0 Å². The molecule has 0 fully saturated rings. The lowest BCUT2D eigenvalue weighted by Crippen LogP contribution is -2.03. The Balaban J connectivity index is 2.88. The maximum atomic E-state index is 10.8. The quantitative estimate of drug-likeness (QED) is 0.181. The molecule has 1 rings (SSSR count). The Morgan fingerprint density at radius 1 is 1.45 bits per heavy atom. The van der Waals surface area contributed by atoms with Crippen LogP contribution in [-0.2, 0) is 8.53 Å². The van der Waals surface area contributed by atoms with Crippen molar-refractivity contribution >= 4 is 62.1 Å². The minimum Gasteiger partial charge on any atom is -0.498 e. The number of nitro groups is 1. The standard InChI is InChI=1S/C13H14Cl3NO3S2/c1-3-10(20-4-2)8-21-22-12-6-5-9(17(18)19)7-11(12)13(14,15)16/h3,5-7H,4,8H2,1-2H3/b10-3-. The van der Waals surface area contributed by atoms with Crippen LogP contribution in [0, 0.1) is 10.1 Å². The number of hydrogen-bond acceptors (Lipinski definition) is 5. The number of halogens is 3. The summed E-state index contributed by atoms with van der Waals surface area (Å²) in [5.41, 5.74) is 0.182. The first-order valence-electron chi connectivity index (χ1n) is 6.22. The maximum Gasteiger partial charge on any atom is 0.269 e. The van der Waals surface area contributed by atoms with Crippen molar-refractivity contribution in [2.45, 2.75) is 22.5 Å². The Kier molecular flexibility index (Phi) is 8.21. The Hall–Kier alpha value is -0.270. The van der Waals surface area contributed by atoms with Gasteiger partial charge in [-0.05, 0) is 26.0 Å². The molecule has 0 bridgehead atoms. The molecule has 0 radical (unpaired) electrons. The molecule has 0 N–H and O–H groups in total. The number of allylic oxidation sites excluding steroid dienone is 1. The summed E-state index contributed by atoms with van der Waals surface area (Å²) in [7, 11) is 2.88. The van der Waals surface area contributed by atoms with Crippen LogP contribution < -0.4 is 0 Å².